The van der Waals surface area contributed by atoms with Crippen molar-refractivity contribution in [1.29, 1.82) is 5.26 Å². The molecule has 0 bridgehead atoms. The number of likely N-dealkylation sites (tertiary alicyclic amines) is 1. The fourth-order valence-electron chi connectivity index (χ4n) is 3.79. The molecule has 1 aromatic rings. The number of carbonyl (C=O) groups is 1. The number of hydrogen-bond donors (Lipinski definition) is 0. The van der Waals surface area contributed by atoms with Crippen molar-refractivity contribution < 1.29 is 14.3 Å². The maximum atomic E-state index is 12.7. The van der Waals surface area contributed by atoms with Crippen molar-refractivity contribution in [3.8, 4) is 6.07 Å². The highest BCUT2D eigenvalue weighted by atomic mass is 16.6. The average molecular weight is 314 g/mol. The van der Waals surface area contributed by atoms with E-state index in [2.05, 4.69) is 11.0 Å². The summed E-state index contributed by atoms with van der Waals surface area (Å²) in [5.74, 6) is -0.499. The Bertz CT molecular complexity index is 604. The summed E-state index contributed by atoms with van der Waals surface area (Å²) in [6, 6.07) is 11.7. The average Bonchev–Trinajstić information content (AvgIpc) is 2.86. The Labute approximate surface area is 136 Å². The van der Waals surface area contributed by atoms with Gasteiger partial charge >= 0.3 is 5.97 Å². The molecule has 5 nitrogen and oxygen atoms in total. The summed E-state index contributed by atoms with van der Waals surface area (Å²) < 4.78 is 10.9. The predicted octanol–water partition coefficient (Wildman–Crippen LogP) is 2.22. The summed E-state index contributed by atoms with van der Waals surface area (Å²) in [6.45, 7) is 1.85. The molecule has 2 aliphatic rings. The number of carbonyl (C=O) groups excluding carboxylic acids is 1. The minimum Gasteiger partial charge on any atom is -0.467 e. The quantitative estimate of drug-likeness (QED) is 0.801. The molecular formula is C18H22N2O3. The molecule has 1 aromatic carbocycles. The summed E-state index contributed by atoms with van der Waals surface area (Å²) in [5, 5.41) is 10.0. The Hall–Kier alpha value is -1.90. The van der Waals surface area contributed by atoms with Gasteiger partial charge in [0.15, 0.2) is 5.54 Å². The van der Waals surface area contributed by atoms with Gasteiger partial charge in [-0.25, -0.2) is 4.79 Å². The third kappa shape index (κ3) is 2.25. The summed E-state index contributed by atoms with van der Waals surface area (Å²) >= 11 is 0. The molecule has 2 fully saturated rings. The molecule has 0 spiro atoms. The summed E-state index contributed by atoms with van der Waals surface area (Å²) in [5.41, 5.74) is -1.67. The third-order valence-electron chi connectivity index (χ3n) is 5.06. The second-order valence-electron chi connectivity index (χ2n) is 6.20. The van der Waals surface area contributed by atoms with Crippen molar-refractivity contribution in [2.45, 2.75) is 36.8 Å². The van der Waals surface area contributed by atoms with Crippen molar-refractivity contribution in [2.24, 2.45) is 0 Å². The van der Waals surface area contributed by atoms with Gasteiger partial charge in [-0.15, -0.1) is 0 Å². The molecule has 0 aromatic heterocycles. The van der Waals surface area contributed by atoms with E-state index < -0.39 is 17.1 Å². The first-order valence-corrected chi connectivity index (χ1v) is 8.15. The van der Waals surface area contributed by atoms with E-state index in [0.29, 0.717) is 5.56 Å². The molecule has 0 N–H and O–H groups in total. The van der Waals surface area contributed by atoms with Crippen LogP contribution in [0, 0.1) is 11.3 Å². The van der Waals surface area contributed by atoms with Crippen molar-refractivity contribution in [1.82, 2.24) is 4.90 Å². The largest absolute Gasteiger partial charge is 0.467 e. The molecule has 0 saturated carbocycles. The van der Waals surface area contributed by atoms with E-state index >= 15 is 0 Å². The van der Waals surface area contributed by atoms with Crippen molar-refractivity contribution in [3.05, 3.63) is 35.9 Å². The lowest BCUT2D eigenvalue weighted by Crippen LogP contribution is -2.76. The maximum absolute atomic E-state index is 12.7. The Morgan fingerprint density at radius 1 is 1.22 bits per heavy atom. The van der Waals surface area contributed by atoms with Crippen LogP contribution in [0.2, 0.25) is 0 Å². The molecule has 122 valence electrons. The van der Waals surface area contributed by atoms with Crippen LogP contribution in [0.3, 0.4) is 0 Å². The van der Waals surface area contributed by atoms with Crippen LogP contribution in [-0.4, -0.2) is 43.2 Å². The minimum atomic E-state index is -1.36. The Kier molecular flexibility index (Phi) is 4.38. The van der Waals surface area contributed by atoms with Crippen LogP contribution in [0.5, 0.6) is 0 Å². The van der Waals surface area contributed by atoms with E-state index in [0.717, 1.165) is 38.8 Å². The Balaban J connectivity index is 2.08. The second kappa shape index (κ2) is 6.31. The zero-order chi connectivity index (χ0) is 16.3. The predicted molar refractivity (Wildman–Crippen MR) is 84.5 cm³/mol. The smallest absolute Gasteiger partial charge is 0.346 e. The highest BCUT2D eigenvalue weighted by Gasteiger charge is 2.71. The van der Waals surface area contributed by atoms with Gasteiger partial charge in [0.2, 0.25) is 5.60 Å². The molecule has 0 amide bonds. The lowest BCUT2D eigenvalue weighted by molar-refractivity contribution is -0.260. The lowest BCUT2D eigenvalue weighted by atomic mass is 9.69. The van der Waals surface area contributed by atoms with E-state index in [-0.39, 0.29) is 6.61 Å². The van der Waals surface area contributed by atoms with Gasteiger partial charge in [0.25, 0.3) is 0 Å². The number of esters is 1. The van der Waals surface area contributed by atoms with Gasteiger partial charge in [-0.05, 0) is 31.5 Å². The van der Waals surface area contributed by atoms with Crippen LogP contribution in [0.15, 0.2) is 30.3 Å². The van der Waals surface area contributed by atoms with Gasteiger partial charge in [0.1, 0.15) is 0 Å². The molecule has 0 unspecified atom stereocenters. The topological polar surface area (TPSA) is 62.6 Å². The van der Waals surface area contributed by atoms with Crippen molar-refractivity contribution in [2.75, 3.05) is 26.8 Å². The van der Waals surface area contributed by atoms with Crippen molar-refractivity contribution >= 4 is 5.97 Å². The van der Waals surface area contributed by atoms with E-state index in [4.69, 9.17) is 9.47 Å². The molecule has 2 aliphatic heterocycles. The van der Waals surface area contributed by atoms with Gasteiger partial charge in [0.05, 0.1) is 19.8 Å². The van der Waals surface area contributed by atoms with Crippen LogP contribution in [-0.2, 0) is 19.9 Å². The summed E-state index contributed by atoms with van der Waals surface area (Å²) in [4.78, 5) is 14.8. The second-order valence-corrected chi connectivity index (χ2v) is 6.20. The number of hydrogen-bond acceptors (Lipinski definition) is 5. The van der Waals surface area contributed by atoms with E-state index in [1.165, 1.54) is 7.11 Å². The molecule has 0 radical (unpaired) electrons. The van der Waals surface area contributed by atoms with Crippen LogP contribution in [0.1, 0.15) is 31.2 Å². The van der Waals surface area contributed by atoms with E-state index in [9.17, 15) is 10.1 Å². The standard InChI is InChI=1S/C18H22N2O3/c1-22-16(21)18(15-9-5-4-6-10-15)17(13-19,14-23-18)20-11-7-2-3-8-12-20/h4-6,9-10H,2-3,7-8,11-12,14H2,1H3/t17-,18+/m1/s1. The minimum absolute atomic E-state index is 0.230. The zero-order valence-corrected chi connectivity index (χ0v) is 13.5. The number of rotatable bonds is 3. The number of benzene rings is 1. The number of methoxy groups -OCH3 is 1. The van der Waals surface area contributed by atoms with Gasteiger partial charge in [0, 0.05) is 0 Å². The van der Waals surface area contributed by atoms with Gasteiger partial charge < -0.3 is 9.47 Å². The Morgan fingerprint density at radius 3 is 2.35 bits per heavy atom. The SMILES string of the molecule is COC(=O)[C@]1(c2ccccc2)OC[C@@]1(C#N)N1CCCCCC1. The first-order chi connectivity index (χ1) is 11.2. The van der Waals surface area contributed by atoms with E-state index in [1.54, 1.807) is 0 Å². The zero-order valence-electron chi connectivity index (χ0n) is 13.5. The molecule has 3 rings (SSSR count). The normalized spacial score (nSPS) is 31.5. The van der Waals surface area contributed by atoms with Crippen LogP contribution >= 0.6 is 0 Å². The monoisotopic (exact) mass is 314 g/mol. The molecule has 23 heavy (non-hydrogen) atoms. The van der Waals surface area contributed by atoms with Crippen LogP contribution < -0.4 is 0 Å². The molecule has 2 heterocycles. The lowest BCUT2D eigenvalue weighted by Gasteiger charge is -2.57. The molecule has 2 atom stereocenters. The highest BCUT2D eigenvalue weighted by Crippen LogP contribution is 2.50. The summed E-state index contributed by atoms with van der Waals surface area (Å²) in [7, 11) is 1.35. The van der Waals surface area contributed by atoms with Crippen LogP contribution in [0.4, 0.5) is 0 Å². The molecule has 0 aliphatic carbocycles. The first kappa shape index (κ1) is 16.0. The first-order valence-electron chi connectivity index (χ1n) is 8.15. The van der Waals surface area contributed by atoms with Crippen molar-refractivity contribution in [3.63, 3.8) is 0 Å². The number of ether oxygens (including phenoxy) is 2. The van der Waals surface area contributed by atoms with Gasteiger partial charge in [-0.1, -0.05) is 43.2 Å². The number of nitrogens with zero attached hydrogens (tertiary/aromatic N) is 2. The van der Waals surface area contributed by atoms with Crippen LogP contribution in [0.25, 0.3) is 0 Å². The maximum Gasteiger partial charge on any atom is 0.346 e. The summed E-state index contributed by atoms with van der Waals surface area (Å²) in [6.07, 6.45) is 4.40. The number of nitriles is 1. The molecular weight excluding hydrogens is 292 g/mol. The molecule has 5 heteroatoms. The Morgan fingerprint density at radius 2 is 1.87 bits per heavy atom. The fraction of sp³-hybridized carbons (Fsp3) is 0.556. The third-order valence-corrected chi connectivity index (χ3v) is 5.06. The van der Waals surface area contributed by atoms with Gasteiger partial charge in [-0.3, -0.25) is 4.90 Å². The fourth-order valence-corrected chi connectivity index (χ4v) is 3.79. The van der Waals surface area contributed by atoms with Gasteiger partial charge in [-0.2, -0.15) is 5.26 Å². The highest BCUT2D eigenvalue weighted by molar-refractivity contribution is 5.86. The molecule has 2 saturated heterocycles. The van der Waals surface area contributed by atoms with E-state index in [1.807, 2.05) is 30.3 Å².